The van der Waals surface area contributed by atoms with Crippen LogP contribution in [-0.4, -0.2) is 29.3 Å². The SMILES string of the molecule is CC(NC(=O)c1ccccc1)C(=O)N1CCc2ccccc2C1. The van der Waals surface area contributed by atoms with E-state index in [1.807, 2.05) is 35.2 Å². The zero-order valence-corrected chi connectivity index (χ0v) is 13.2. The maximum absolute atomic E-state index is 12.6. The first kappa shape index (κ1) is 15.3. The van der Waals surface area contributed by atoms with Crippen LogP contribution in [0.15, 0.2) is 54.6 Å². The topological polar surface area (TPSA) is 49.4 Å². The number of nitrogens with zero attached hydrogens (tertiary/aromatic N) is 1. The zero-order chi connectivity index (χ0) is 16.2. The molecule has 0 aliphatic carbocycles. The molecule has 1 N–H and O–H groups in total. The zero-order valence-electron chi connectivity index (χ0n) is 13.2. The summed E-state index contributed by atoms with van der Waals surface area (Å²) in [5, 5.41) is 2.79. The number of hydrogen-bond acceptors (Lipinski definition) is 2. The van der Waals surface area contributed by atoms with E-state index in [2.05, 4.69) is 17.4 Å². The second-order valence-corrected chi connectivity index (χ2v) is 5.84. The molecular weight excluding hydrogens is 288 g/mol. The van der Waals surface area contributed by atoms with E-state index in [1.54, 1.807) is 19.1 Å². The Kier molecular flexibility index (Phi) is 4.42. The van der Waals surface area contributed by atoms with Gasteiger partial charge in [0.15, 0.2) is 0 Å². The van der Waals surface area contributed by atoms with Crippen LogP contribution in [0.4, 0.5) is 0 Å². The van der Waals surface area contributed by atoms with Crippen molar-refractivity contribution in [3.8, 4) is 0 Å². The minimum absolute atomic E-state index is 0.0382. The number of amides is 2. The number of fused-ring (bicyclic) bond motifs is 1. The number of rotatable bonds is 3. The highest BCUT2D eigenvalue weighted by molar-refractivity contribution is 5.97. The minimum atomic E-state index is -0.534. The molecule has 0 saturated heterocycles. The van der Waals surface area contributed by atoms with Gasteiger partial charge >= 0.3 is 0 Å². The predicted molar refractivity (Wildman–Crippen MR) is 88.9 cm³/mol. The molecule has 0 spiro atoms. The number of carbonyl (C=O) groups is 2. The lowest BCUT2D eigenvalue weighted by molar-refractivity contribution is -0.133. The lowest BCUT2D eigenvalue weighted by Crippen LogP contribution is -2.48. The van der Waals surface area contributed by atoms with E-state index >= 15 is 0 Å². The molecule has 2 aromatic carbocycles. The van der Waals surface area contributed by atoms with E-state index in [0.29, 0.717) is 18.7 Å². The Balaban J connectivity index is 1.63. The Hall–Kier alpha value is -2.62. The predicted octanol–water partition coefficient (Wildman–Crippen LogP) is 2.39. The summed E-state index contributed by atoms with van der Waals surface area (Å²) in [6.07, 6.45) is 0.862. The van der Waals surface area contributed by atoms with Gasteiger partial charge in [-0.25, -0.2) is 0 Å². The van der Waals surface area contributed by atoms with Crippen LogP contribution < -0.4 is 5.32 Å². The highest BCUT2D eigenvalue weighted by atomic mass is 16.2. The van der Waals surface area contributed by atoms with Crippen LogP contribution in [0.2, 0.25) is 0 Å². The van der Waals surface area contributed by atoms with Crippen LogP contribution in [0.1, 0.15) is 28.4 Å². The van der Waals surface area contributed by atoms with E-state index in [4.69, 9.17) is 0 Å². The van der Waals surface area contributed by atoms with E-state index in [-0.39, 0.29) is 11.8 Å². The first-order chi connectivity index (χ1) is 11.1. The summed E-state index contributed by atoms with van der Waals surface area (Å²) in [6.45, 7) is 3.05. The summed E-state index contributed by atoms with van der Waals surface area (Å²) in [4.78, 5) is 26.6. The molecule has 1 unspecified atom stereocenters. The van der Waals surface area contributed by atoms with Gasteiger partial charge in [0, 0.05) is 18.7 Å². The van der Waals surface area contributed by atoms with Gasteiger partial charge < -0.3 is 10.2 Å². The van der Waals surface area contributed by atoms with E-state index in [1.165, 1.54) is 11.1 Å². The smallest absolute Gasteiger partial charge is 0.251 e. The molecule has 0 radical (unpaired) electrons. The molecule has 2 aromatic rings. The first-order valence-electron chi connectivity index (χ1n) is 7.86. The molecule has 4 nitrogen and oxygen atoms in total. The molecule has 118 valence electrons. The Morgan fingerprint density at radius 3 is 2.39 bits per heavy atom. The molecule has 1 aliphatic rings. The summed E-state index contributed by atoms with van der Waals surface area (Å²) in [7, 11) is 0. The highest BCUT2D eigenvalue weighted by Gasteiger charge is 2.25. The second-order valence-electron chi connectivity index (χ2n) is 5.84. The summed E-state index contributed by atoms with van der Waals surface area (Å²) < 4.78 is 0. The molecular formula is C19H20N2O2. The molecule has 4 heteroatoms. The molecule has 0 fully saturated rings. The molecule has 1 aliphatic heterocycles. The van der Waals surface area contributed by atoms with Crippen LogP contribution in [0.5, 0.6) is 0 Å². The fourth-order valence-corrected chi connectivity index (χ4v) is 2.89. The van der Waals surface area contributed by atoms with E-state index < -0.39 is 6.04 Å². The number of carbonyl (C=O) groups excluding carboxylic acids is 2. The first-order valence-corrected chi connectivity index (χ1v) is 7.86. The Bertz CT molecular complexity index is 712. The van der Waals surface area contributed by atoms with Crippen molar-refractivity contribution in [1.82, 2.24) is 10.2 Å². The van der Waals surface area contributed by atoms with Crippen molar-refractivity contribution in [3.05, 3.63) is 71.3 Å². The van der Waals surface area contributed by atoms with Gasteiger partial charge in [-0.1, -0.05) is 42.5 Å². The lowest BCUT2D eigenvalue weighted by atomic mass is 9.99. The van der Waals surface area contributed by atoms with Crippen molar-refractivity contribution in [2.75, 3.05) is 6.54 Å². The quantitative estimate of drug-likeness (QED) is 0.946. The van der Waals surface area contributed by atoms with Crippen LogP contribution >= 0.6 is 0 Å². The summed E-state index contributed by atoms with van der Waals surface area (Å²) in [5.74, 6) is -0.257. The Morgan fingerprint density at radius 2 is 1.65 bits per heavy atom. The van der Waals surface area contributed by atoms with Gasteiger partial charge in [0.1, 0.15) is 6.04 Å². The summed E-state index contributed by atoms with van der Waals surface area (Å²) >= 11 is 0. The summed E-state index contributed by atoms with van der Waals surface area (Å²) in [6, 6.07) is 16.6. The van der Waals surface area contributed by atoms with E-state index in [0.717, 1.165) is 6.42 Å². The van der Waals surface area contributed by atoms with Gasteiger partial charge in [-0.2, -0.15) is 0 Å². The summed E-state index contributed by atoms with van der Waals surface area (Å²) in [5.41, 5.74) is 3.06. The average Bonchev–Trinajstić information content (AvgIpc) is 2.61. The third kappa shape index (κ3) is 3.42. The lowest BCUT2D eigenvalue weighted by Gasteiger charge is -2.31. The monoisotopic (exact) mass is 308 g/mol. The van der Waals surface area contributed by atoms with Gasteiger partial charge in [0.25, 0.3) is 5.91 Å². The average molecular weight is 308 g/mol. The van der Waals surface area contributed by atoms with Crippen molar-refractivity contribution in [1.29, 1.82) is 0 Å². The number of benzene rings is 2. The third-order valence-electron chi connectivity index (χ3n) is 4.20. The van der Waals surface area contributed by atoms with Crippen molar-refractivity contribution in [2.24, 2.45) is 0 Å². The van der Waals surface area contributed by atoms with Crippen molar-refractivity contribution < 1.29 is 9.59 Å². The van der Waals surface area contributed by atoms with Gasteiger partial charge in [-0.3, -0.25) is 9.59 Å². The normalized spacial score (nSPS) is 14.7. The molecule has 0 aromatic heterocycles. The number of nitrogens with one attached hydrogen (secondary N) is 1. The molecule has 0 saturated carbocycles. The van der Waals surface area contributed by atoms with E-state index in [9.17, 15) is 9.59 Å². The molecule has 2 amide bonds. The van der Waals surface area contributed by atoms with Gasteiger partial charge in [0.2, 0.25) is 5.91 Å². The van der Waals surface area contributed by atoms with Crippen LogP contribution in [0.25, 0.3) is 0 Å². The molecule has 1 heterocycles. The minimum Gasteiger partial charge on any atom is -0.341 e. The van der Waals surface area contributed by atoms with Crippen molar-refractivity contribution >= 4 is 11.8 Å². The number of hydrogen-bond donors (Lipinski definition) is 1. The van der Waals surface area contributed by atoms with Gasteiger partial charge in [0.05, 0.1) is 0 Å². The van der Waals surface area contributed by atoms with Gasteiger partial charge in [-0.15, -0.1) is 0 Å². The Morgan fingerprint density at radius 1 is 1.00 bits per heavy atom. The van der Waals surface area contributed by atoms with Crippen molar-refractivity contribution in [3.63, 3.8) is 0 Å². The maximum atomic E-state index is 12.6. The van der Waals surface area contributed by atoms with Crippen LogP contribution in [0.3, 0.4) is 0 Å². The largest absolute Gasteiger partial charge is 0.341 e. The third-order valence-corrected chi connectivity index (χ3v) is 4.20. The van der Waals surface area contributed by atoms with Gasteiger partial charge in [-0.05, 0) is 36.6 Å². The molecule has 3 rings (SSSR count). The second kappa shape index (κ2) is 6.65. The standard InChI is InChI=1S/C19H20N2O2/c1-14(20-18(22)16-8-3-2-4-9-16)19(23)21-12-11-15-7-5-6-10-17(15)13-21/h2-10,14H,11-13H2,1H3,(H,20,22). The fourth-order valence-electron chi connectivity index (χ4n) is 2.89. The fraction of sp³-hybridized carbons (Fsp3) is 0.263. The highest BCUT2D eigenvalue weighted by Crippen LogP contribution is 2.19. The van der Waals surface area contributed by atoms with Crippen LogP contribution in [-0.2, 0) is 17.8 Å². The molecule has 1 atom stereocenters. The molecule has 23 heavy (non-hydrogen) atoms. The Labute approximate surface area is 136 Å². The van der Waals surface area contributed by atoms with Crippen LogP contribution in [0, 0.1) is 0 Å². The van der Waals surface area contributed by atoms with Crippen molar-refractivity contribution in [2.45, 2.75) is 25.9 Å². The maximum Gasteiger partial charge on any atom is 0.251 e. The molecule has 0 bridgehead atoms.